The molecule has 3 aromatic rings. The number of amides is 2. The Kier molecular flexibility index (Phi) is 7.30. The van der Waals surface area contributed by atoms with Crippen molar-refractivity contribution in [3.8, 4) is 17.2 Å². The first kappa shape index (κ1) is 23.8. The van der Waals surface area contributed by atoms with Gasteiger partial charge in [-0.15, -0.1) is 0 Å². The SMILES string of the molecule is CNCCN(C(=O)Nc1ccc(C(F)(F)F)c(F)c1)c1ccc(-c2cccc(C#N)c2)cc1. The molecule has 33 heavy (non-hydrogen) atoms. The van der Waals surface area contributed by atoms with Crippen molar-refractivity contribution in [2.75, 3.05) is 30.4 Å². The first-order chi connectivity index (χ1) is 15.7. The molecule has 0 aliphatic heterocycles. The minimum Gasteiger partial charge on any atom is -0.318 e. The lowest BCUT2D eigenvalue weighted by molar-refractivity contribution is -0.139. The number of nitrogens with one attached hydrogen (secondary N) is 2. The fraction of sp³-hybridized carbons (Fsp3) is 0.167. The van der Waals surface area contributed by atoms with Crippen molar-refractivity contribution in [1.29, 1.82) is 5.26 Å². The summed E-state index contributed by atoms with van der Waals surface area (Å²) in [4.78, 5) is 14.2. The molecule has 0 aliphatic rings. The zero-order valence-corrected chi connectivity index (χ0v) is 17.6. The normalized spacial score (nSPS) is 11.0. The van der Waals surface area contributed by atoms with Crippen molar-refractivity contribution in [1.82, 2.24) is 5.32 Å². The molecule has 3 rings (SSSR count). The van der Waals surface area contributed by atoms with E-state index in [0.717, 1.165) is 17.2 Å². The number of carbonyl (C=O) groups excluding carboxylic acids is 1. The Balaban J connectivity index is 1.82. The molecule has 0 aliphatic carbocycles. The lowest BCUT2D eigenvalue weighted by atomic mass is 10.0. The quantitative estimate of drug-likeness (QED) is 0.472. The van der Waals surface area contributed by atoms with Crippen molar-refractivity contribution >= 4 is 17.4 Å². The van der Waals surface area contributed by atoms with Gasteiger partial charge < -0.3 is 10.6 Å². The predicted molar refractivity (Wildman–Crippen MR) is 118 cm³/mol. The van der Waals surface area contributed by atoms with Crippen LogP contribution in [0.1, 0.15) is 11.1 Å². The summed E-state index contributed by atoms with van der Waals surface area (Å²) in [5, 5.41) is 14.5. The van der Waals surface area contributed by atoms with Crippen LogP contribution in [-0.4, -0.2) is 26.2 Å². The third kappa shape index (κ3) is 5.87. The number of likely N-dealkylation sites (N-methyl/N-ethyl adjacent to an activating group) is 1. The Morgan fingerprint density at radius 1 is 1.03 bits per heavy atom. The average Bonchev–Trinajstić information content (AvgIpc) is 2.79. The van der Waals surface area contributed by atoms with E-state index in [1.54, 1.807) is 49.5 Å². The highest BCUT2D eigenvalue weighted by atomic mass is 19.4. The van der Waals surface area contributed by atoms with Crippen LogP contribution in [0.3, 0.4) is 0 Å². The van der Waals surface area contributed by atoms with Gasteiger partial charge in [0, 0.05) is 24.5 Å². The summed E-state index contributed by atoms with van der Waals surface area (Å²) in [5.41, 5.74) is 1.25. The molecule has 0 saturated heterocycles. The molecule has 0 spiro atoms. The van der Waals surface area contributed by atoms with Gasteiger partial charge >= 0.3 is 12.2 Å². The standard InChI is InChI=1S/C24H20F4N4O/c1-30-11-12-32(23(33)31-19-7-10-21(22(25)14-19)24(26,27)28)20-8-5-17(6-9-20)18-4-2-3-16(13-18)15-29/h2-10,13-14,30H,11-12H2,1H3,(H,31,33). The van der Waals surface area contributed by atoms with Crippen molar-refractivity contribution in [3.63, 3.8) is 0 Å². The van der Waals surface area contributed by atoms with Crippen LogP contribution < -0.4 is 15.5 Å². The molecule has 0 aromatic heterocycles. The zero-order valence-electron chi connectivity index (χ0n) is 17.6. The van der Waals surface area contributed by atoms with Gasteiger partial charge in [0.25, 0.3) is 0 Å². The smallest absolute Gasteiger partial charge is 0.318 e. The number of anilines is 2. The lowest BCUT2D eigenvalue weighted by Gasteiger charge is -2.24. The summed E-state index contributed by atoms with van der Waals surface area (Å²) in [7, 11) is 1.71. The summed E-state index contributed by atoms with van der Waals surface area (Å²) in [6.45, 7) is 0.704. The average molecular weight is 456 g/mol. The van der Waals surface area contributed by atoms with E-state index in [-0.39, 0.29) is 12.2 Å². The number of rotatable bonds is 6. The first-order valence-corrected chi connectivity index (χ1v) is 9.93. The van der Waals surface area contributed by atoms with Gasteiger partial charge in [-0.2, -0.15) is 18.4 Å². The Hall–Kier alpha value is -3.90. The summed E-state index contributed by atoms with van der Waals surface area (Å²) < 4.78 is 52.2. The van der Waals surface area contributed by atoms with Crippen molar-refractivity contribution in [2.45, 2.75) is 6.18 Å². The number of hydrogen-bond donors (Lipinski definition) is 2. The van der Waals surface area contributed by atoms with E-state index in [4.69, 9.17) is 5.26 Å². The number of alkyl halides is 3. The van der Waals surface area contributed by atoms with Gasteiger partial charge in [-0.25, -0.2) is 9.18 Å². The van der Waals surface area contributed by atoms with Crippen molar-refractivity contribution in [2.24, 2.45) is 0 Å². The number of urea groups is 1. The Bertz CT molecular complexity index is 1170. The zero-order chi connectivity index (χ0) is 24.0. The largest absolute Gasteiger partial charge is 0.419 e. The molecule has 0 saturated carbocycles. The van der Waals surface area contributed by atoms with E-state index in [9.17, 15) is 22.4 Å². The van der Waals surface area contributed by atoms with Crippen LogP contribution in [-0.2, 0) is 6.18 Å². The third-order valence-electron chi connectivity index (χ3n) is 4.86. The highest BCUT2D eigenvalue weighted by Gasteiger charge is 2.34. The van der Waals surface area contributed by atoms with Crippen LogP contribution in [0.15, 0.2) is 66.7 Å². The summed E-state index contributed by atoms with van der Waals surface area (Å²) >= 11 is 0. The molecule has 3 aromatic carbocycles. The van der Waals surface area contributed by atoms with Crippen LogP contribution in [0.25, 0.3) is 11.1 Å². The van der Waals surface area contributed by atoms with Crippen molar-refractivity contribution < 1.29 is 22.4 Å². The Morgan fingerprint density at radius 3 is 2.36 bits per heavy atom. The maximum Gasteiger partial charge on any atom is 0.419 e. The first-order valence-electron chi connectivity index (χ1n) is 9.93. The minimum atomic E-state index is -4.82. The highest BCUT2D eigenvalue weighted by Crippen LogP contribution is 2.32. The van der Waals surface area contributed by atoms with Gasteiger partial charge in [-0.1, -0.05) is 24.3 Å². The molecule has 5 nitrogen and oxygen atoms in total. The summed E-state index contributed by atoms with van der Waals surface area (Å²) in [5.74, 6) is -1.47. The second kappa shape index (κ2) is 10.1. The number of hydrogen-bond acceptors (Lipinski definition) is 3. The van der Waals surface area contributed by atoms with Gasteiger partial charge in [0.1, 0.15) is 5.82 Å². The van der Waals surface area contributed by atoms with Gasteiger partial charge in [0.15, 0.2) is 0 Å². The molecule has 0 unspecified atom stereocenters. The topological polar surface area (TPSA) is 68.2 Å². The molecule has 2 amide bonds. The maximum atomic E-state index is 13.9. The fourth-order valence-electron chi connectivity index (χ4n) is 3.19. The van der Waals surface area contributed by atoms with Crippen LogP contribution in [0, 0.1) is 17.1 Å². The number of benzene rings is 3. The van der Waals surface area contributed by atoms with E-state index in [0.29, 0.717) is 29.9 Å². The molecule has 2 N–H and O–H groups in total. The Morgan fingerprint density at radius 2 is 1.76 bits per heavy atom. The maximum absolute atomic E-state index is 13.9. The molecule has 0 atom stereocenters. The summed E-state index contributed by atoms with van der Waals surface area (Å²) in [6, 6.07) is 17.8. The molecular formula is C24H20F4N4O. The van der Waals surface area contributed by atoms with E-state index >= 15 is 0 Å². The lowest BCUT2D eigenvalue weighted by Crippen LogP contribution is -2.39. The van der Waals surface area contributed by atoms with Crippen LogP contribution in [0.2, 0.25) is 0 Å². The number of nitrogens with zero attached hydrogens (tertiary/aromatic N) is 2. The molecule has 170 valence electrons. The summed E-state index contributed by atoms with van der Waals surface area (Å²) in [6.07, 6.45) is -4.82. The minimum absolute atomic E-state index is 0.0927. The van der Waals surface area contributed by atoms with Crippen LogP contribution in [0.4, 0.5) is 33.7 Å². The number of nitriles is 1. The number of carbonyl (C=O) groups is 1. The second-order valence-electron chi connectivity index (χ2n) is 7.12. The number of halogens is 4. The monoisotopic (exact) mass is 456 g/mol. The molecular weight excluding hydrogens is 436 g/mol. The van der Waals surface area contributed by atoms with Gasteiger partial charge in [0.2, 0.25) is 0 Å². The molecule has 0 radical (unpaired) electrons. The van der Waals surface area contributed by atoms with E-state index in [1.807, 2.05) is 6.07 Å². The molecule has 0 heterocycles. The molecule has 0 fully saturated rings. The van der Waals surface area contributed by atoms with Gasteiger partial charge in [-0.05, 0) is 60.6 Å². The Labute approximate surface area is 188 Å². The van der Waals surface area contributed by atoms with E-state index in [1.165, 1.54) is 4.90 Å². The van der Waals surface area contributed by atoms with Crippen LogP contribution >= 0.6 is 0 Å². The third-order valence-corrected chi connectivity index (χ3v) is 4.86. The second-order valence-corrected chi connectivity index (χ2v) is 7.12. The molecule has 0 bridgehead atoms. The fourth-order valence-corrected chi connectivity index (χ4v) is 3.19. The highest BCUT2D eigenvalue weighted by molar-refractivity contribution is 6.01. The van der Waals surface area contributed by atoms with Crippen LogP contribution in [0.5, 0.6) is 0 Å². The predicted octanol–water partition coefficient (Wildman–Crippen LogP) is 5.64. The van der Waals surface area contributed by atoms with Crippen molar-refractivity contribution in [3.05, 3.63) is 83.7 Å². The van der Waals surface area contributed by atoms with E-state index in [2.05, 4.69) is 16.7 Å². The van der Waals surface area contributed by atoms with Gasteiger partial charge in [-0.3, -0.25) is 4.90 Å². The molecule has 9 heteroatoms. The van der Waals surface area contributed by atoms with E-state index < -0.39 is 23.6 Å². The van der Waals surface area contributed by atoms with Gasteiger partial charge in [0.05, 0.1) is 17.2 Å².